The smallest absolute Gasteiger partial charge is 0.147 e. The topological polar surface area (TPSA) is 50.1 Å². The fourth-order valence-corrected chi connectivity index (χ4v) is 2.83. The van der Waals surface area contributed by atoms with Crippen LogP contribution in [-0.2, 0) is 26.1 Å². The number of hydrogen-bond acceptors (Lipinski definition) is 5. The molecule has 6 nitrogen and oxygen atoms in total. The van der Waals surface area contributed by atoms with E-state index >= 15 is 0 Å². The van der Waals surface area contributed by atoms with Gasteiger partial charge in [-0.3, -0.25) is 14.8 Å². The molecule has 124 valence electrons. The Labute approximate surface area is 138 Å². The third-order valence-corrected chi connectivity index (χ3v) is 4.58. The maximum Gasteiger partial charge on any atom is 0.147 e. The van der Waals surface area contributed by atoms with Crippen LogP contribution in [0.4, 0.5) is 0 Å². The summed E-state index contributed by atoms with van der Waals surface area (Å²) in [5.74, 6) is 2.19. The molecule has 3 rings (SSSR count). The summed E-state index contributed by atoms with van der Waals surface area (Å²) in [5, 5.41) is 8.83. The Bertz CT molecular complexity index is 621. The molecule has 0 amide bonds. The Morgan fingerprint density at radius 2 is 2.04 bits per heavy atom. The maximum atomic E-state index is 4.43. The van der Waals surface area contributed by atoms with Crippen molar-refractivity contribution < 1.29 is 0 Å². The van der Waals surface area contributed by atoms with Gasteiger partial charge in [0.05, 0.1) is 12.2 Å². The van der Waals surface area contributed by atoms with E-state index in [4.69, 9.17) is 0 Å². The highest BCUT2D eigenvalue weighted by Crippen LogP contribution is 2.13. The van der Waals surface area contributed by atoms with Crippen LogP contribution in [0.5, 0.6) is 0 Å². The molecule has 0 fully saturated rings. The molecule has 0 saturated heterocycles. The lowest BCUT2D eigenvalue weighted by Gasteiger charge is -2.21. The summed E-state index contributed by atoms with van der Waals surface area (Å²) in [4.78, 5) is 9.18. The number of hydrogen-bond donors (Lipinski definition) is 0. The van der Waals surface area contributed by atoms with Crippen LogP contribution in [0, 0.1) is 0 Å². The lowest BCUT2D eigenvalue weighted by atomic mass is 10.3. The molecule has 3 heterocycles. The molecule has 0 aromatic carbocycles. The standard InChI is InChI=1S/C17H26N6/c1-14(2)21(3)13-17-20-19-16-7-9-22(10-11-23(16)17)12-15-6-4-5-8-18-15/h4-6,8,14H,7,9-13H2,1-3H3. The van der Waals surface area contributed by atoms with Gasteiger partial charge in [0.25, 0.3) is 0 Å². The zero-order valence-corrected chi connectivity index (χ0v) is 14.3. The van der Waals surface area contributed by atoms with Gasteiger partial charge in [-0.2, -0.15) is 0 Å². The van der Waals surface area contributed by atoms with Crippen molar-refractivity contribution in [3.05, 3.63) is 41.7 Å². The number of pyridine rings is 1. The summed E-state index contributed by atoms with van der Waals surface area (Å²) in [6.45, 7) is 9.14. The first-order valence-electron chi connectivity index (χ1n) is 8.37. The van der Waals surface area contributed by atoms with Gasteiger partial charge >= 0.3 is 0 Å². The monoisotopic (exact) mass is 314 g/mol. The predicted octanol–water partition coefficient (Wildman–Crippen LogP) is 1.57. The summed E-state index contributed by atoms with van der Waals surface area (Å²) in [7, 11) is 2.14. The summed E-state index contributed by atoms with van der Waals surface area (Å²) in [5.41, 5.74) is 1.13. The van der Waals surface area contributed by atoms with Crippen molar-refractivity contribution in [3.8, 4) is 0 Å². The van der Waals surface area contributed by atoms with Gasteiger partial charge in [-0.1, -0.05) is 6.07 Å². The zero-order chi connectivity index (χ0) is 16.2. The number of nitrogens with zero attached hydrogens (tertiary/aromatic N) is 6. The minimum absolute atomic E-state index is 0.509. The van der Waals surface area contributed by atoms with Crippen molar-refractivity contribution >= 4 is 0 Å². The maximum absolute atomic E-state index is 4.43. The van der Waals surface area contributed by atoms with E-state index in [0.717, 1.165) is 56.5 Å². The van der Waals surface area contributed by atoms with E-state index in [1.807, 2.05) is 12.3 Å². The molecule has 6 heteroatoms. The molecule has 0 unspecified atom stereocenters. The van der Waals surface area contributed by atoms with Crippen molar-refractivity contribution in [3.63, 3.8) is 0 Å². The van der Waals surface area contributed by atoms with Gasteiger partial charge in [-0.05, 0) is 33.0 Å². The van der Waals surface area contributed by atoms with E-state index in [0.29, 0.717) is 6.04 Å². The van der Waals surface area contributed by atoms with Crippen LogP contribution in [0.25, 0.3) is 0 Å². The van der Waals surface area contributed by atoms with Crippen molar-refractivity contribution in [2.24, 2.45) is 0 Å². The van der Waals surface area contributed by atoms with Crippen molar-refractivity contribution in [2.75, 3.05) is 20.1 Å². The second-order valence-electron chi connectivity index (χ2n) is 6.54. The minimum Gasteiger partial charge on any atom is -0.313 e. The molecule has 0 bridgehead atoms. The molecule has 2 aromatic rings. The van der Waals surface area contributed by atoms with Crippen LogP contribution in [0.3, 0.4) is 0 Å². The number of rotatable bonds is 5. The molecule has 0 spiro atoms. The van der Waals surface area contributed by atoms with Crippen LogP contribution in [0.2, 0.25) is 0 Å². The van der Waals surface area contributed by atoms with E-state index in [1.165, 1.54) is 0 Å². The Balaban J connectivity index is 1.65. The Morgan fingerprint density at radius 3 is 2.78 bits per heavy atom. The average molecular weight is 314 g/mol. The number of aromatic nitrogens is 4. The highest BCUT2D eigenvalue weighted by molar-refractivity contribution is 5.04. The lowest BCUT2D eigenvalue weighted by Crippen LogP contribution is -2.29. The SMILES string of the molecule is CC(C)N(C)Cc1nnc2n1CCN(Cc1ccccn1)CC2. The predicted molar refractivity (Wildman–Crippen MR) is 89.8 cm³/mol. The van der Waals surface area contributed by atoms with Gasteiger partial charge in [0, 0.05) is 44.8 Å². The molecular formula is C17H26N6. The fraction of sp³-hybridized carbons (Fsp3) is 0.588. The molecule has 1 aliphatic heterocycles. The highest BCUT2D eigenvalue weighted by Gasteiger charge is 2.20. The Kier molecular flexibility index (Phi) is 5.03. The van der Waals surface area contributed by atoms with Crippen molar-refractivity contribution in [2.45, 2.75) is 45.9 Å². The van der Waals surface area contributed by atoms with E-state index in [2.05, 4.69) is 62.6 Å². The first-order valence-corrected chi connectivity index (χ1v) is 8.37. The first-order chi connectivity index (χ1) is 11.1. The Morgan fingerprint density at radius 1 is 1.17 bits per heavy atom. The van der Waals surface area contributed by atoms with Gasteiger partial charge in [0.1, 0.15) is 11.6 Å². The van der Waals surface area contributed by atoms with Crippen LogP contribution in [0.1, 0.15) is 31.2 Å². The van der Waals surface area contributed by atoms with E-state index in [-0.39, 0.29) is 0 Å². The second kappa shape index (κ2) is 7.19. The van der Waals surface area contributed by atoms with Gasteiger partial charge in [0.15, 0.2) is 0 Å². The van der Waals surface area contributed by atoms with E-state index in [9.17, 15) is 0 Å². The minimum atomic E-state index is 0.509. The van der Waals surface area contributed by atoms with Crippen LogP contribution in [0.15, 0.2) is 24.4 Å². The van der Waals surface area contributed by atoms with Crippen molar-refractivity contribution in [1.29, 1.82) is 0 Å². The van der Waals surface area contributed by atoms with Crippen LogP contribution in [-0.4, -0.2) is 55.7 Å². The molecule has 23 heavy (non-hydrogen) atoms. The third kappa shape index (κ3) is 3.95. The second-order valence-corrected chi connectivity index (χ2v) is 6.54. The molecule has 1 aliphatic rings. The molecule has 0 radical (unpaired) electrons. The van der Waals surface area contributed by atoms with Gasteiger partial charge in [-0.25, -0.2) is 0 Å². The van der Waals surface area contributed by atoms with Crippen LogP contribution >= 0.6 is 0 Å². The molecule has 0 aliphatic carbocycles. The van der Waals surface area contributed by atoms with E-state index < -0.39 is 0 Å². The molecule has 0 atom stereocenters. The first kappa shape index (κ1) is 16.1. The van der Waals surface area contributed by atoms with Gasteiger partial charge in [-0.15, -0.1) is 10.2 Å². The largest absolute Gasteiger partial charge is 0.313 e. The van der Waals surface area contributed by atoms with Crippen molar-refractivity contribution in [1.82, 2.24) is 29.5 Å². The summed E-state index contributed by atoms with van der Waals surface area (Å²) in [6, 6.07) is 6.61. The molecular weight excluding hydrogens is 288 g/mol. The molecule has 0 saturated carbocycles. The highest BCUT2D eigenvalue weighted by atomic mass is 15.3. The Hall–Kier alpha value is -1.79. The normalized spacial score (nSPS) is 15.9. The summed E-state index contributed by atoms with van der Waals surface area (Å²) < 4.78 is 2.30. The molecule has 0 N–H and O–H groups in total. The van der Waals surface area contributed by atoms with Crippen LogP contribution < -0.4 is 0 Å². The van der Waals surface area contributed by atoms with Gasteiger partial charge < -0.3 is 4.57 Å². The van der Waals surface area contributed by atoms with E-state index in [1.54, 1.807) is 0 Å². The quantitative estimate of drug-likeness (QED) is 0.838. The zero-order valence-electron chi connectivity index (χ0n) is 14.3. The fourth-order valence-electron chi connectivity index (χ4n) is 2.83. The summed E-state index contributed by atoms with van der Waals surface area (Å²) >= 11 is 0. The van der Waals surface area contributed by atoms with Gasteiger partial charge in [0.2, 0.25) is 0 Å². The average Bonchev–Trinajstić information content (AvgIpc) is 2.81. The third-order valence-electron chi connectivity index (χ3n) is 4.58. The number of fused-ring (bicyclic) bond motifs is 1. The summed E-state index contributed by atoms with van der Waals surface area (Å²) in [6.07, 6.45) is 2.81. The lowest BCUT2D eigenvalue weighted by molar-refractivity contribution is 0.247. The molecule has 2 aromatic heterocycles.